The van der Waals surface area contributed by atoms with E-state index in [1.807, 2.05) is 0 Å². The second kappa shape index (κ2) is 2.02. The maximum atomic E-state index is 10.1. The number of nitrogens with zero attached hydrogens (tertiary/aromatic N) is 2. The van der Waals surface area contributed by atoms with Crippen LogP contribution in [0, 0.1) is 0 Å². The summed E-state index contributed by atoms with van der Waals surface area (Å²) < 4.78 is 20.1. The van der Waals surface area contributed by atoms with Gasteiger partial charge < -0.3 is 5.73 Å². The van der Waals surface area contributed by atoms with Crippen LogP contribution >= 0.6 is 0 Å². The quantitative estimate of drug-likeness (QED) is 0.414. The second-order valence-electron chi connectivity index (χ2n) is 1.28. The molecule has 0 radical (unpaired) electrons. The van der Waals surface area contributed by atoms with Crippen molar-refractivity contribution in [3.05, 3.63) is 0 Å². The number of H-pyrrole nitrogens is 1. The lowest BCUT2D eigenvalue weighted by Crippen LogP contribution is -1.86. The monoisotopic (exact) mass is 148 g/mol. The standard InChI is InChI=1S/C2H4N4O2S/c3-1-4-2(6-5-1)9(7)8/h9H,(H3,3,4,5,6). The average Bonchev–Trinajstić information content (AvgIpc) is 2.14. The van der Waals surface area contributed by atoms with Crippen LogP contribution in [0.4, 0.5) is 5.95 Å². The third-order valence-corrected chi connectivity index (χ3v) is 1.18. The Kier molecular flexibility index (Phi) is 1.35. The molecule has 7 heteroatoms. The topological polar surface area (TPSA) is 102 Å². The number of aromatic nitrogens is 3. The molecule has 0 aliphatic carbocycles. The number of nitrogens with two attached hydrogens (primary N) is 1. The van der Waals surface area contributed by atoms with E-state index in [1.165, 1.54) is 0 Å². The second-order valence-corrected chi connectivity index (χ2v) is 2.19. The van der Waals surface area contributed by atoms with Crippen molar-refractivity contribution in [2.75, 3.05) is 5.73 Å². The highest BCUT2D eigenvalue weighted by Crippen LogP contribution is 1.91. The van der Waals surface area contributed by atoms with E-state index in [4.69, 9.17) is 5.73 Å². The Labute approximate surface area is 52.0 Å². The van der Waals surface area contributed by atoms with Crippen molar-refractivity contribution in [3.8, 4) is 0 Å². The summed E-state index contributed by atoms with van der Waals surface area (Å²) in [5.41, 5.74) is 5.02. The summed E-state index contributed by atoms with van der Waals surface area (Å²) in [6.45, 7) is 0. The Hall–Kier alpha value is -1.11. The molecule has 0 atom stereocenters. The van der Waals surface area contributed by atoms with Crippen LogP contribution in [-0.4, -0.2) is 23.6 Å². The summed E-state index contributed by atoms with van der Waals surface area (Å²) >= 11 is 0. The first-order valence-electron chi connectivity index (χ1n) is 2.02. The number of nitrogen functional groups attached to an aromatic ring is 1. The maximum absolute atomic E-state index is 10.1. The minimum atomic E-state index is -2.71. The highest BCUT2D eigenvalue weighted by molar-refractivity contribution is 7.72. The summed E-state index contributed by atoms with van der Waals surface area (Å²) in [6, 6.07) is 0. The first-order valence-corrected chi connectivity index (χ1v) is 3.20. The summed E-state index contributed by atoms with van der Waals surface area (Å²) in [6.07, 6.45) is 0. The zero-order chi connectivity index (χ0) is 6.85. The van der Waals surface area contributed by atoms with Gasteiger partial charge in [-0.2, -0.15) is 4.98 Å². The van der Waals surface area contributed by atoms with Gasteiger partial charge >= 0.3 is 0 Å². The first-order chi connectivity index (χ1) is 4.20. The molecule has 0 bridgehead atoms. The fourth-order valence-electron chi connectivity index (χ4n) is 0.347. The zero-order valence-electron chi connectivity index (χ0n) is 4.24. The molecule has 0 amide bonds. The molecule has 9 heavy (non-hydrogen) atoms. The Morgan fingerprint density at radius 3 is 2.44 bits per heavy atom. The molecule has 0 fully saturated rings. The van der Waals surface area contributed by atoms with Crippen molar-refractivity contribution >= 4 is 16.7 Å². The summed E-state index contributed by atoms with van der Waals surface area (Å²) in [4.78, 5) is 3.33. The van der Waals surface area contributed by atoms with Gasteiger partial charge in [-0.3, -0.25) is 0 Å². The van der Waals surface area contributed by atoms with Crippen molar-refractivity contribution < 1.29 is 8.42 Å². The van der Waals surface area contributed by atoms with Gasteiger partial charge in [0.15, 0.2) is 0 Å². The number of anilines is 1. The number of hydrogen-bond donors (Lipinski definition) is 3. The van der Waals surface area contributed by atoms with Crippen LogP contribution in [-0.2, 0) is 10.7 Å². The minimum Gasteiger partial charge on any atom is -0.368 e. The first kappa shape index (κ1) is 6.02. The van der Waals surface area contributed by atoms with Gasteiger partial charge in [-0.05, 0) is 0 Å². The van der Waals surface area contributed by atoms with Crippen LogP contribution in [0.5, 0.6) is 0 Å². The van der Waals surface area contributed by atoms with Crippen molar-refractivity contribution in [3.63, 3.8) is 0 Å². The average molecular weight is 148 g/mol. The van der Waals surface area contributed by atoms with Crippen LogP contribution in [0.25, 0.3) is 0 Å². The van der Waals surface area contributed by atoms with Crippen LogP contribution in [0.1, 0.15) is 0 Å². The molecule has 0 spiro atoms. The van der Waals surface area contributed by atoms with Gasteiger partial charge in [0.2, 0.25) is 16.7 Å². The lowest BCUT2D eigenvalue weighted by Gasteiger charge is -1.70. The molecule has 1 aromatic rings. The van der Waals surface area contributed by atoms with E-state index < -0.39 is 10.7 Å². The molecule has 0 aliphatic heterocycles. The van der Waals surface area contributed by atoms with Gasteiger partial charge in [-0.15, -0.1) is 5.10 Å². The van der Waals surface area contributed by atoms with E-state index in [0.29, 0.717) is 0 Å². The Bertz CT molecular complexity index is 268. The van der Waals surface area contributed by atoms with E-state index in [0.717, 1.165) is 0 Å². The fourth-order valence-corrected chi connectivity index (χ4v) is 0.668. The fraction of sp³-hybridized carbons (Fsp3) is 0. The predicted molar refractivity (Wildman–Crippen MR) is 29.4 cm³/mol. The molecule has 3 N–H and O–H groups in total. The van der Waals surface area contributed by atoms with Crippen LogP contribution in [0.3, 0.4) is 0 Å². The van der Waals surface area contributed by atoms with E-state index in [2.05, 4.69) is 15.2 Å². The van der Waals surface area contributed by atoms with Gasteiger partial charge in [-0.25, -0.2) is 13.5 Å². The molecule has 0 saturated heterocycles. The Morgan fingerprint density at radius 2 is 2.22 bits per heavy atom. The van der Waals surface area contributed by atoms with Crippen molar-refractivity contribution in [2.24, 2.45) is 0 Å². The molecule has 0 unspecified atom stereocenters. The zero-order valence-corrected chi connectivity index (χ0v) is 5.13. The van der Waals surface area contributed by atoms with E-state index in [-0.39, 0.29) is 11.1 Å². The molecular weight excluding hydrogens is 144 g/mol. The number of rotatable bonds is 1. The predicted octanol–water partition coefficient (Wildman–Crippen LogP) is -1.64. The third kappa shape index (κ3) is 1.17. The molecule has 1 heterocycles. The maximum Gasteiger partial charge on any atom is 0.265 e. The molecule has 6 nitrogen and oxygen atoms in total. The lowest BCUT2D eigenvalue weighted by atomic mass is 11.1. The third-order valence-electron chi connectivity index (χ3n) is 0.654. The van der Waals surface area contributed by atoms with Gasteiger partial charge in [-0.1, -0.05) is 0 Å². The number of aromatic amines is 1. The number of hydrogen-bond acceptors (Lipinski definition) is 5. The van der Waals surface area contributed by atoms with E-state index in [9.17, 15) is 8.42 Å². The van der Waals surface area contributed by atoms with Gasteiger partial charge in [0.05, 0.1) is 0 Å². The van der Waals surface area contributed by atoms with Gasteiger partial charge in [0, 0.05) is 0 Å². The number of thiol groups is 1. The summed E-state index contributed by atoms with van der Waals surface area (Å²) in [5, 5.41) is 5.17. The lowest BCUT2D eigenvalue weighted by molar-refractivity contribution is 0.607. The van der Waals surface area contributed by atoms with Crippen LogP contribution in [0.15, 0.2) is 5.16 Å². The van der Waals surface area contributed by atoms with Crippen LogP contribution in [0.2, 0.25) is 0 Å². The minimum absolute atomic E-state index is 0.00389. The van der Waals surface area contributed by atoms with Crippen molar-refractivity contribution in [1.82, 2.24) is 15.2 Å². The molecule has 0 aliphatic rings. The molecule has 1 aromatic heterocycles. The van der Waals surface area contributed by atoms with Crippen molar-refractivity contribution in [1.29, 1.82) is 0 Å². The molecule has 0 aromatic carbocycles. The highest BCUT2D eigenvalue weighted by Gasteiger charge is 1.99. The Morgan fingerprint density at radius 1 is 1.56 bits per heavy atom. The molecular formula is C2H4N4O2S. The summed E-state index contributed by atoms with van der Waals surface area (Å²) in [5.74, 6) is 0.00389. The molecule has 50 valence electrons. The van der Waals surface area contributed by atoms with E-state index >= 15 is 0 Å². The SMILES string of the molecule is Nc1nc([SH](=O)=O)n[nH]1. The highest BCUT2D eigenvalue weighted by atomic mass is 32.2. The summed E-state index contributed by atoms with van der Waals surface area (Å²) in [7, 11) is -2.71. The van der Waals surface area contributed by atoms with Gasteiger partial charge in [0.1, 0.15) is 0 Å². The number of nitrogens with one attached hydrogen (secondary N) is 1. The normalized spacial score (nSPS) is 10.3. The smallest absolute Gasteiger partial charge is 0.265 e. The van der Waals surface area contributed by atoms with E-state index in [1.54, 1.807) is 0 Å². The molecule has 1 rings (SSSR count). The molecule has 0 saturated carbocycles. The largest absolute Gasteiger partial charge is 0.368 e. The Balaban J connectivity index is 3.12. The van der Waals surface area contributed by atoms with Gasteiger partial charge in [0.25, 0.3) is 5.16 Å². The van der Waals surface area contributed by atoms with Crippen molar-refractivity contribution in [2.45, 2.75) is 5.16 Å². The van der Waals surface area contributed by atoms with Crippen LogP contribution < -0.4 is 5.73 Å².